The number of nitrogens with zero attached hydrogens (tertiary/aromatic N) is 1. The first-order valence-electron chi connectivity index (χ1n) is 11.3. The molecular weight excluding hydrogens is 400 g/mol. The van der Waals surface area contributed by atoms with Gasteiger partial charge >= 0.3 is 5.97 Å². The molecular formula is C27H32N2O3. The molecule has 0 radical (unpaired) electrons. The van der Waals surface area contributed by atoms with Crippen LogP contribution in [0.15, 0.2) is 48.7 Å². The van der Waals surface area contributed by atoms with Gasteiger partial charge < -0.3 is 14.5 Å². The van der Waals surface area contributed by atoms with Crippen LogP contribution >= 0.6 is 0 Å². The number of ether oxygens (including phenoxy) is 2. The Kier molecular flexibility index (Phi) is 6.66. The van der Waals surface area contributed by atoms with E-state index in [-0.39, 0.29) is 5.97 Å². The summed E-state index contributed by atoms with van der Waals surface area (Å²) < 4.78 is 10.1. The Morgan fingerprint density at radius 3 is 2.81 bits per heavy atom. The van der Waals surface area contributed by atoms with Crippen molar-refractivity contribution in [3.63, 3.8) is 0 Å². The number of nitrogens with one attached hydrogen (secondary N) is 1. The summed E-state index contributed by atoms with van der Waals surface area (Å²) in [4.78, 5) is 17.6. The van der Waals surface area contributed by atoms with Crippen LogP contribution in [-0.4, -0.2) is 43.2 Å². The van der Waals surface area contributed by atoms with Crippen molar-refractivity contribution in [2.45, 2.75) is 39.2 Å². The lowest BCUT2D eigenvalue weighted by Gasteiger charge is -2.28. The standard InChI is InChI=1S/C27H32N2O3/c1-5-29(13-12-21-17-28-25-16-22(31-3)8-10-23(21)25)26-11-7-20-15-19(6-9-24(20)26)18(2)14-27(30)32-4/h6,8-10,14-17,26,28H,5,7,11-13H2,1-4H3/b18-14+. The molecule has 1 aromatic heterocycles. The maximum atomic E-state index is 11.6. The number of rotatable bonds is 8. The Balaban J connectivity index is 1.48. The van der Waals surface area contributed by atoms with Gasteiger partial charge in [0.15, 0.2) is 0 Å². The van der Waals surface area contributed by atoms with E-state index in [1.165, 1.54) is 29.2 Å². The minimum atomic E-state index is -0.311. The number of aromatic amines is 1. The monoisotopic (exact) mass is 432 g/mol. The van der Waals surface area contributed by atoms with Crippen molar-refractivity contribution >= 4 is 22.4 Å². The second-order valence-electron chi connectivity index (χ2n) is 8.42. The molecule has 1 aliphatic carbocycles. The zero-order chi connectivity index (χ0) is 22.7. The molecule has 1 aliphatic rings. The molecule has 0 aliphatic heterocycles. The number of H-pyrrole nitrogens is 1. The van der Waals surface area contributed by atoms with Crippen molar-refractivity contribution in [1.29, 1.82) is 0 Å². The summed E-state index contributed by atoms with van der Waals surface area (Å²) >= 11 is 0. The molecule has 2 aromatic carbocycles. The third-order valence-electron chi connectivity index (χ3n) is 6.67. The highest BCUT2D eigenvalue weighted by Gasteiger charge is 2.27. The fourth-order valence-electron chi connectivity index (χ4n) is 4.84. The van der Waals surface area contributed by atoms with Crippen LogP contribution in [0.25, 0.3) is 16.5 Å². The summed E-state index contributed by atoms with van der Waals surface area (Å²) in [7, 11) is 3.11. The first-order chi connectivity index (χ1) is 15.5. The molecule has 1 heterocycles. The van der Waals surface area contributed by atoms with Crippen molar-refractivity contribution in [1.82, 2.24) is 9.88 Å². The van der Waals surface area contributed by atoms with Gasteiger partial charge in [-0.05, 0) is 72.7 Å². The molecule has 0 fully saturated rings. The number of carbonyl (C=O) groups excluding carboxylic acids is 1. The molecule has 4 rings (SSSR count). The van der Waals surface area contributed by atoms with Crippen LogP contribution in [0.5, 0.6) is 5.75 Å². The normalized spacial score (nSPS) is 15.9. The van der Waals surface area contributed by atoms with Gasteiger partial charge in [0.2, 0.25) is 0 Å². The van der Waals surface area contributed by atoms with Gasteiger partial charge in [0.25, 0.3) is 0 Å². The molecule has 1 N–H and O–H groups in total. The van der Waals surface area contributed by atoms with Gasteiger partial charge in [-0.3, -0.25) is 4.90 Å². The molecule has 0 bridgehead atoms. The van der Waals surface area contributed by atoms with E-state index in [2.05, 4.69) is 53.3 Å². The number of aromatic nitrogens is 1. The van der Waals surface area contributed by atoms with E-state index in [1.807, 2.05) is 13.0 Å². The zero-order valence-corrected chi connectivity index (χ0v) is 19.4. The van der Waals surface area contributed by atoms with Crippen molar-refractivity contribution in [3.8, 4) is 5.75 Å². The van der Waals surface area contributed by atoms with Gasteiger partial charge in [-0.2, -0.15) is 0 Å². The van der Waals surface area contributed by atoms with E-state index in [9.17, 15) is 4.79 Å². The maximum Gasteiger partial charge on any atom is 0.330 e. The molecule has 0 amide bonds. The second kappa shape index (κ2) is 9.61. The summed E-state index contributed by atoms with van der Waals surface area (Å²) in [5.41, 5.74) is 7.31. The fraction of sp³-hybridized carbons (Fsp3) is 0.370. The van der Waals surface area contributed by atoms with Crippen LogP contribution in [0, 0.1) is 0 Å². The van der Waals surface area contributed by atoms with E-state index >= 15 is 0 Å². The lowest BCUT2D eigenvalue weighted by Crippen LogP contribution is -2.29. The molecule has 1 atom stereocenters. The number of likely N-dealkylation sites (N-methyl/N-ethyl adjacent to an activating group) is 1. The topological polar surface area (TPSA) is 54.6 Å². The summed E-state index contributed by atoms with van der Waals surface area (Å²) in [5, 5.41) is 1.27. The summed E-state index contributed by atoms with van der Waals surface area (Å²) in [5.74, 6) is 0.563. The smallest absolute Gasteiger partial charge is 0.330 e. The molecule has 3 aromatic rings. The number of hydrogen-bond donors (Lipinski definition) is 1. The SMILES string of the molecule is CCN(CCc1c[nH]c2cc(OC)ccc12)C1CCc2cc(/C(C)=C/C(=O)OC)ccc21. The number of hydrogen-bond acceptors (Lipinski definition) is 4. The Labute approximate surface area is 190 Å². The molecule has 168 valence electrons. The van der Waals surface area contributed by atoms with Crippen LogP contribution in [-0.2, 0) is 22.4 Å². The molecule has 5 heteroatoms. The Bertz CT molecular complexity index is 1150. The number of fused-ring (bicyclic) bond motifs is 2. The highest BCUT2D eigenvalue weighted by atomic mass is 16.5. The van der Waals surface area contributed by atoms with Gasteiger partial charge in [0, 0.05) is 41.8 Å². The zero-order valence-electron chi connectivity index (χ0n) is 19.4. The third kappa shape index (κ3) is 4.44. The van der Waals surface area contributed by atoms with Crippen LogP contribution in [0.3, 0.4) is 0 Å². The maximum absolute atomic E-state index is 11.6. The average Bonchev–Trinajstić information content (AvgIpc) is 3.42. The molecule has 32 heavy (non-hydrogen) atoms. The first-order valence-corrected chi connectivity index (χ1v) is 11.3. The molecule has 0 spiro atoms. The molecule has 0 saturated carbocycles. The first kappa shape index (κ1) is 22.2. The minimum absolute atomic E-state index is 0.311. The van der Waals surface area contributed by atoms with Gasteiger partial charge in [-0.25, -0.2) is 4.79 Å². The van der Waals surface area contributed by atoms with Crippen molar-refractivity contribution in [2.24, 2.45) is 0 Å². The van der Waals surface area contributed by atoms with Gasteiger partial charge in [0.1, 0.15) is 5.75 Å². The third-order valence-corrected chi connectivity index (χ3v) is 6.67. The predicted molar refractivity (Wildman–Crippen MR) is 129 cm³/mol. The van der Waals surface area contributed by atoms with E-state index in [0.29, 0.717) is 6.04 Å². The lowest BCUT2D eigenvalue weighted by atomic mass is 9.99. The van der Waals surface area contributed by atoms with Crippen LogP contribution < -0.4 is 4.74 Å². The number of carbonyl (C=O) groups is 1. The van der Waals surface area contributed by atoms with Gasteiger partial charge in [0.05, 0.1) is 14.2 Å². The number of methoxy groups -OCH3 is 2. The average molecular weight is 433 g/mol. The molecule has 1 unspecified atom stereocenters. The van der Waals surface area contributed by atoms with E-state index < -0.39 is 0 Å². The van der Waals surface area contributed by atoms with Gasteiger partial charge in [-0.1, -0.05) is 25.1 Å². The summed E-state index contributed by atoms with van der Waals surface area (Å²) in [6.07, 6.45) is 6.90. The Morgan fingerprint density at radius 2 is 2.06 bits per heavy atom. The number of esters is 1. The van der Waals surface area contributed by atoms with E-state index in [1.54, 1.807) is 13.2 Å². The number of benzene rings is 2. The highest BCUT2D eigenvalue weighted by Crippen LogP contribution is 2.37. The highest BCUT2D eigenvalue weighted by molar-refractivity contribution is 5.91. The summed E-state index contributed by atoms with van der Waals surface area (Å²) in [6.45, 7) is 6.24. The predicted octanol–water partition coefficient (Wildman–Crippen LogP) is 5.30. The quantitative estimate of drug-likeness (QED) is 0.387. The van der Waals surface area contributed by atoms with Crippen LogP contribution in [0.1, 0.15) is 48.6 Å². The Morgan fingerprint density at radius 1 is 1.22 bits per heavy atom. The van der Waals surface area contributed by atoms with Crippen LogP contribution in [0.4, 0.5) is 0 Å². The molecule has 0 saturated heterocycles. The minimum Gasteiger partial charge on any atom is -0.497 e. The van der Waals surface area contributed by atoms with Crippen molar-refractivity contribution in [2.75, 3.05) is 27.3 Å². The lowest BCUT2D eigenvalue weighted by molar-refractivity contribution is -0.134. The molecule has 5 nitrogen and oxygen atoms in total. The van der Waals surface area contributed by atoms with E-state index in [0.717, 1.165) is 54.8 Å². The van der Waals surface area contributed by atoms with Crippen molar-refractivity contribution in [3.05, 3.63) is 70.9 Å². The Hall–Kier alpha value is -3.05. The van der Waals surface area contributed by atoms with Gasteiger partial charge in [-0.15, -0.1) is 0 Å². The van der Waals surface area contributed by atoms with E-state index in [4.69, 9.17) is 9.47 Å². The number of aryl methyl sites for hydroxylation is 1. The van der Waals surface area contributed by atoms with Crippen molar-refractivity contribution < 1.29 is 14.3 Å². The second-order valence-corrected chi connectivity index (χ2v) is 8.42. The largest absolute Gasteiger partial charge is 0.497 e. The van der Waals surface area contributed by atoms with Crippen LogP contribution in [0.2, 0.25) is 0 Å². The fourth-order valence-corrected chi connectivity index (χ4v) is 4.84. The summed E-state index contributed by atoms with van der Waals surface area (Å²) in [6, 6.07) is 13.3. The number of allylic oxidation sites excluding steroid dienone is 1.